The topological polar surface area (TPSA) is 111 Å². The number of ether oxygens (including phenoxy) is 2. The molecule has 3 aromatic rings. The second kappa shape index (κ2) is 13.7. The highest BCUT2D eigenvalue weighted by atomic mass is 35.5. The molecule has 2 aliphatic heterocycles. The summed E-state index contributed by atoms with van der Waals surface area (Å²) in [6, 6.07) is 21.6. The van der Waals surface area contributed by atoms with Gasteiger partial charge in [0.05, 0.1) is 13.5 Å². The molecule has 11 heteroatoms. The van der Waals surface area contributed by atoms with Crippen molar-refractivity contribution < 1.29 is 23.9 Å². The average molecular weight is 624 g/mol. The number of nitrogens with two attached hydrogens (primary N) is 1. The third-order valence-electron chi connectivity index (χ3n) is 6.95. The van der Waals surface area contributed by atoms with Crippen LogP contribution in [0.2, 0.25) is 0 Å². The molecule has 3 N–H and O–H groups in total. The largest absolute Gasteiger partial charge is 0.497 e. The van der Waals surface area contributed by atoms with Crippen molar-refractivity contribution in [3.05, 3.63) is 106 Å². The number of alkyl halides is 1. The van der Waals surface area contributed by atoms with Crippen LogP contribution in [0.15, 0.2) is 88.3 Å². The lowest BCUT2D eigenvalue weighted by Gasteiger charge is -2.49. The van der Waals surface area contributed by atoms with Gasteiger partial charge in [-0.25, -0.2) is 4.79 Å². The molecular weight excluding hydrogens is 594 g/mol. The minimum Gasteiger partial charge on any atom is -0.497 e. The second-order valence-corrected chi connectivity index (χ2v) is 12.2. The lowest BCUT2D eigenvalue weighted by Crippen LogP contribution is -2.70. The Morgan fingerprint density at radius 3 is 2.43 bits per heavy atom. The van der Waals surface area contributed by atoms with E-state index in [2.05, 4.69) is 5.32 Å². The maximum atomic E-state index is 13.6. The summed E-state index contributed by atoms with van der Waals surface area (Å²) in [5, 5.41) is 2.45. The number of fused-ring (bicyclic) bond motifs is 1. The first-order valence-electron chi connectivity index (χ1n) is 13.3. The first-order chi connectivity index (χ1) is 20.4. The Morgan fingerprint density at radius 1 is 1.05 bits per heavy atom. The molecule has 3 aromatic carbocycles. The van der Waals surface area contributed by atoms with E-state index in [1.165, 1.54) is 28.4 Å². The molecule has 0 aromatic heterocycles. The van der Waals surface area contributed by atoms with Crippen LogP contribution in [0.4, 0.5) is 0 Å². The van der Waals surface area contributed by atoms with Crippen LogP contribution in [-0.2, 0) is 44.6 Å². The number of thioether (sulfide) groups is 2. The summed E-state index contributed by atoms with van der Waals surface area (Å²) in [4.78, 5) is 42.9. The molecule has 8 nitrogen and oxygen atoms in total. The van der Waals surface area contributed by atoms with Crippen LogP contribution < -0.4 is 15.8 Å². The van der Waals surface area contributed by atoms with E-state index in [-0.39, 0.29) is 30.5 Å². The van der Waals surface area contributed by atoms with Crippen LogP contribution >= 0.6 is 35.1 Å². The van der Waals surface area contributed by atoms with Gasteiger partial charge < -0.3 is 20.5 Å². The van der Waals surface area contributed by atoms with Crippen molar-refractivity contribution in [2.24, 2.45) is 5.73 Å². The number of rotatable bonds is 11. The molecule has 0 radical (unpaired) electrons. The van der Waals surface area contributed by atoms with Gasteiger partial charge in [0.1, 0.15) is 29.5 Å². The molecule has 0 aliphatic carbocycles. The van der Waals surface area contributed by atoms with Crippen LogP contribution in [0.25, 0.3) is 0 Å². The van der Waals surface area contributed by atoms with Crippen molar-refractivity contribution in [1.29, 1.82) is 0 Å². The minimum absolute atomic E-state index is 0.0332. The Labute approximate surface area is 257 Å². The fourth-order valence-corrected chi connectivity index (χ4v) is 7.56. The zero-order valence-corrected chi connectivity index (χ0v) is 25.3. The first-order valence-corrected chi connectivity index (χ1v) is 15.7. The number of esters is 1. The first kappa shape index (κ1) is 30.0. The molecule has 5 rings (SSSR count). The van der Waals surface area contributed by atoms with Gasteiger partial charge in [-0.15, -0.1) is 23.4 Å². The number of methoxy groups -OCH3 is 1. The van der Waals surface area contributed by atoms with Crippen LogP contribution in [0.3, 0.4) is 0 Å². The Bertz CT molecular complexity index is 1500. The Morgan fingerprint density at radius 2 is 1.74 bits per heavy atom. The Balaban J connectivity index is 1.34. The van der Waals surface area contributed by atoms with Gasteiger partial charge in [-0.3, -0.25) is 14.5 Å². The predicted octanol–water partition coefficient (Wildman–Crippen LogP) is 4.58. The summed E-state index contributed by atoms with van der Waals surface area (Å²) in [7, 11) is 1.58. The van der Waals surface area contributed by atoms with E-state index in [4.69, 9.17) is 26.8 Å². The van der Waals surface area contributed by atoms with Gasteiger partial charge in [0.15, 0.2) is 0 Å². The van der Waals surface area contributed by atoms with E-state index in [0.29, 0.717) is 28.8 Å². The Hall–Kier alpha value is -3.44. The summed E-state index contributed by atoms with van der Waals surface area (Å²) in [6.07, 6.45) is 0.134. The molecule has 0 saturated carbocycles. The van der Waals surface area contributed by atoms with Crippen LogP contribution in [0.5, 0.6) is 5.75 Å². The van der Waals surface area contributed by atoms with E-state index in [0.717, 1.165) is 27.1 Å². The van der Waals surface area contributed by atoms with Crippen LogP contribution in [0.1, 0.15) is 22.3 Å². The van der Waals surface area contributed by atoms with Crippen molar-refractivity contribution >= 4 is 52.9 Å². The standard InChI is InChI=1S/C31H30ClN3O5S2/c1-39-23-12-10-21(11-13-23)17-40-31(38)28-25(42-24-5-3-2-4-22(24)15-32)18-41-30-27(29(37)35(28)30)34-26(36)14-19-6-8-20(16-33)9-7-19/h2-13,27,30H,14-18,33H2,1H3,(H,34,36)/t27-,30-/m1/s1. The molecule has 1 saturated heterocycles. The molecule has 2 heterocycles. The van der Waals surface area contributed by atoms with Gasteiger partial charge in [-0.2, -0.15) is 0 Å². The molecule has 2 amide bonds. The highest BCUT2D eigenvalue weighted by molar-refractivity contribution is 8.06. The zero-order valence-electron chi connectivity index (χ0n) is 22.9. The maximum Gasteiger partial charge on any atom is 0.356 e. The van der Waals surface area contributed by atoms with Gasteiger partial charge in [0, 0.05) is 28.0 Å². The van der Waals surface area contributed by atoms with Crippen molar-refractivity contribution in [2.45, 2.75) is 41.8 Å². The van der Waals surface area contributed by atoms with Crippen molar-refractivity contribution in [3.8, 4) is 5.75 Å². The molecule has 0 unspecified atom stereocenters. The third-order valence-corrected chi connectivity index (χ3v) is 9.90. The minimum atomic E-state index is -0.739. The monoisotopic (exact) mass is 623 g/mol. The number of carbonyl (C=O) groups is 3. The number of hydrogen-bond acceptors (Lipinski definition) is 8. The number of amides is 2. The molecule has 2 aliphatic rings. The fourth-order valence-electron chi connectivity index (χ4n) is 4.65. The van der Waals surface area contributed by atoms with Crippen molar-refractivity contribution in [2.75, 3.05) is 12.9 Å². The number of nitrogens with one attached hydrogen (secondary N) is 1. The van der Waals surface area contributed by atoms with E-state index >= 15 is 0 Å². The Kier molecular flexibility index (Phi) is 9.79. The van der Waals surface area contributed by atoms with Gasteiger partial charge in [0.25, 0.3) is 5.91 Å². The fraction of sp³-hybridized carbons (Fsp3) is 0.258. The maximum absolute atomic E-state index is 13.6. The highest BCUT2D eigenvalue weighted by Gasteiger charge is 2.54. The van der Waals surface area contributed by atoms with Crippen molar-refractivity contribution in [3.63, 3.8) is 0 Å². The second-order valence-electron chi connectivity index (χ2n) is 9.69. The lowest BCUT2D eigenvalue weighted by molar-refractivity contribution is -0.153. The lowest BCUT2D eigenvalue weighted by atomic mass is 10.0. The number of halogens is 1. The summed E-state index contributed by atoms with van der Waals surface area (Å²) in [5.74, 6) is 0.269. The van der Waals surface area contributed by atoms with Crippen LogP contribution in [-0.4, -0.2) is 47.0 Å². The van der Waals surface area contributed by atoms with Crippen LogP contribution in [0, 0.1) is 0 Å². The molecular formula is C31H30ClN3O5S2. The number of hydrogen-bond donors (Lipinski definition) is 2. The van der Waals surface area contributed by atoms with E-state index in [1.54, 1.807) is 19.2 Å². The molecule has 42 heavy (non-hydrogen) atoms. The number of benzene rings is 3. The quantitative estimate of drug-likeness (QED) is 0.181. The number of carbonyl (C=O) groups excluding carboxylic acids is 3. The molecule has 1 fully saturated rings. The highest BCUT2D eigenvalue weighted by Crippen LogP contribution is 2.46. The third kappa shape index (κ3) is 6.62. The molecule has 218 valence electrons. The number of β-lactam (4-membered cyclic amide) rings is 1. The average Bonchev–Trinajstić information content (AvgIpc) is 3.03. The van der Waals surface area contributed by atoms with Gasteiger partial charge in [-0.05, 0) is 40.5 Å². The summed E-state index contributed by atoms with van der Waals surface area (Å²) >= 11 is 9.08. The predicted molar refractivity (Wildman–Crippen MR) is 165 cm³/mol. The van der Waals surface area contributed by atoms with Crippen molar-refractivity contribution in [1.82, 2.24) is 10.2 Å². The van der Waals surface area contributed by atoms with E-state index < -0.39 is 17.4 Å². The summed E-state index contributed by atoms with van der Waals surface area (Å²) in [5.41, 5.74) is 9.37. The van der Waals surface area contributed by atoms with Gasteiger partial charge in [-0.1, -0.05) is 66.4 Å². The molecule has 0 spiro atoms. The SMILES string of the molecule is COc1ccc(COC(=O)C2=C(Sc3ccccc3CCl)CS[C@@H]3[C@H](NC(=O)Cc4ccc(CN)cc4)C(=O)N23)cc1. The molecule has 2 atom stereocenters. The summed E-state index contributed by atoms with van der Waals surface area (Å²) in [6.45, 7) is 0.458. The van der Waals surface area contributed by atoms with E-state index in [9.17, 15) is 14.4 Å². The van der Waals surface area contributed by atoms with Gasteiger partial charge in [0.2, 0.25) is 5.91 Å². The zero-order chi connectivity index (χ0) is 29.6. The smallest absolute Gasteiger partial charge is 0.356 e. The normalized spacial score (nSPS) is 17.8. The van der Waals surface area contributed by atoms with E-state index in [1.807, 2.05) is 60.7 Å². The number of nitrogens with zero attached hydrogens (tertiary/aromatic N) is 1. The van der Waals surface area contributed by atoms with Gasteiger partial charge >= 0.3 is 5.97 Å². The summed E-state index contributed by atoms with van der Waals surface area (Å²) < 4.78 is 10.9. The molecule has 0 bridgehead atoms.